The maximum absolute atomic E-state index is 11.4. The summed E-state index contributed by atoms with van der Waals surface area (Å²) in [4.78, 5) is 17.7. The van der Waals surface area contributed by atoms with Crippen LogP contribution in [0.3, 0.4) is 0 Å². The number of hydrogen-bond donors (Lipinski definition) is 0. The van der Waals surface area contributed by atoms with Gasteiger partial charge in [0.05, 0.1) is 6.61 Å². The van der Waals surface area contributed by atoms with Crippen LogP contribution in [0.1, 0.15) is 6.92 Å². The van der Waals surface area contributed by atoms with E-state index in [0.717, 1.165) is 0 Å². The zero-order valence-corrected chi connectivity index (χ0v) is 8.74. The van der Waals surface area contributed by atoms with Crippen molar-refractivity contribution in [3.8, 4) is 0 Å². The minimum atomic E-state index is -0.213. The van der Waals surface area contributed by atoms with Crippen LogP contribution in [0.15, 0.2) is 16.6 Å². The van der Waals surface area contributed by atoms with Crippen LogP contribution in [-0.2, 0) is 9.53 Å². The Bertz CT molecular complexity index is 291. The lowest BCUT2D eigenvalue weighted by Gasteiger charge is -2.28. The summed E-state index contributed by atoms with van der Waals surface area (Å²) in [7, 11) is 0. The normalized spacial score (nSPS) is 29.1. The molecule has 0 aliphatic carbocycles. The number of nitrogens with zero attached hydrogens (tertiary/aromatic N) is 2. The second kappa shape index (κ2) is 4.04. The molecule has 2 heterocycles. The maximum atomic E-state index is 11.4. The van der Waals surface area contributed by atoms with Crippen molar-refractivity contribution in [2.75, 3.05) is 13.2 Å². The second-order valence-electron chi connectivity index (χ2n) is 3.10. The summed E-state index contributed by atoms with van der Waals surface area (Å²) < 4.78 is 4.94. The molecule has 0 amide bonds. The van der Waals surface area contributed by atoms with Crippen LogP contribution in [0, 0.1) is 5.92 Å². The Balaban J connectivity index is 2.00. The third-order valence-corrected chi connectivity index (χ3v) is 3.04. The summed E-state index contributed by atoms with van der Waals surface area (Å²) >= 11 is 1.65. The largest absolute Gasteiger partial charge is 0.465 e. The Labute approximate surface area is 87.0 Å². The van der Waals surface area contributed by atoms with Gasteiger partial charge in [-0.05, 0) is 12.3 Å². The Morgan fingerprint density at radius 1 is 1.79 bits per heavy atom. The lowest BCUT2D eigenvalue weighted by molar-refractivity contribution is -0.145. The van der Waals surface area contributed by atoms with E-state index in [1.807, 2.05) is 23.4 Å². The Kier molecular flexibility index (Phi) is 2.77. The van der Waals surface area contributed by atoms with Gasteiger partial charge in [0.1, 0.15) is 5.92 Å². The van der Waals surface area contributed by atoms with Crippen molar-refractivity contribution in [3.63, 3.8) is 0 Å². The lowest BCUT2D eigenvalue weighted by Crippen LogP contribution is -2.38. The highest BCUT2D eigenvalue weighted by molar-refractivity contribution is 8.02. The molecule has 0 saturated heterocycles. The van der Waals surface area contributed by atoms with E-state index in [0.29, 0.717) is 13.2 Å². The number of carbonyl (C=O) groups is 1. The molecule has 2 rings (SSSR count). The van der Waals surface area contributed by atoms with Crippen molar-refractivity contribution >= 4 is 23.9 Å². The van der Waals surface area contributed by atoms with Crippen LogP contribution in [0.25, 0.3) is 0 Å². The zero-order valence-electron chi connectivity index (χ0n) is 7.92. The van der Waals surface area contributed by atoms with Gasteiger partial charge in [0.2, 0.25) is 0 Å². The molecule has 0 aromatic heterocycles. The molecule has 76 valence electrons. The van der Waals surface area contributed by atoms with E-state index in [1.54, 1.807) is 18.0 Å². The van der Waals surface area contributed by atoms with Crippen LogP contribution in [0.4, 0.5) is 0 Å². The molecular formula is C9H12N2O2S. The van der Waals surface area contributed by atoms with Crippen molar-refractivity contribution in [2.45, 2.75) is 12.4 Å². The Morgan fingerprint density at radius 2 is 2.64 bits per heavy atom. The molecule has 0 aromatic rings. The lowest BCUT2D eigenvalue weighted by atomic mass is 10.1. The molecule has 0 saturated carbocycles. The van der Waals surface area contributed by atoms with Crippen LogP contribution < -0.4 is 0 Å². The molecule has 2 unspecified atom stereocenters. The smallest absolute Gasteiger partial charge is 0.316 e. The van der Waals surface area contributed by atoms with Gasteiger partial charge in [-0.2, -0.15) is 0 Å². The second-order valence-corrected chi connectivity index (χ2v) is 4.07. The van der Waals surface area contributed by atoms with Gasteiger partial charge in [0.15, 0.2) is 5.50 Å². The zero-order chi connectivity index (χ0) is 9.97. The third kappa shape index (κ3) is 1.77. The number of rotatable bonds is 2. The summed E-state index contributed by atoms with van der Waals surface area (Å²) in [5.74, 6) is -0.394. The van der Waals surface area contributed by atoms with E-state index in [1.165, 1.54) is 0 Å². The van der Waals surface area contributed by atoms with E-state index >= 15 is 0 Å². The van der Waals surface area contributed by atoms with Crippen LogP contribution >= 0.6 is 11.8 Å². The van der Waals surface area contributed by atoms with Gasteiger partial charge in [-0.1, -0.05) is 11.8 Å². The average Bonchev–Trinajstić information content (AvgIpc) is 2.64. The molecule has 2 aliphatic heterocycles. The van der Waals surface area contributed by atoms with Crippen LogP contribution in [0.2, 0.25) is 0 Å². The van der Waals surface area contributed by atoms with E-state index in [2.05, 4.69) is 4.99 Å². The van der Waals surface area contributed by atoms with Gasteiger partial charge in [-0.25, -0.2) is 0 Å². The molecule has 0 fully saturated rings. The fourth-order valence-electron chi connectivity index (χ4n) is 1.44. The molecule has 14 heavy (non-hydrogen) atoms. The molecule has 0 radical (unpaired) electrons. The molecule has 0 aromatic carbocycles. The molecule has 0 bridgehead atoms. The van der Waals surface area contributed by atoms with Crippen molar-refractivity contribution < 1.29 is 9.53 Å². The van der Waals surface area contributed by atoms with Crippen LogP contribution in [0.5, 0.6) is 0 Å². The van der Waals surface area contributed by atoms with Gasteiger partial charge in [-0.3, -0.25) is 9.79 Å². The van der Waals surface area contributed by atoms with Crippen molar-refractivity contribution in [1.82, 2.24) is 4.90 Å². The molecule has 4 nitrogen and oxygen atoms in total. The van der Waals surface area contributed by atoms with Gasteiger partial charge in [-0.15, -0.1) is 0 Å². The molecule has 0 N–H and O–H groups in total. The first-order chi connectivity index (χ1) is 6.81. The SMILES string of the molecule is CCOC(=O)C1C=NC2SC=CN2C1. The fraction of sp³-hybridized carbons (Fsp3) is 0.556. The van der Waals surface area contributed by atoms with Crippen molar-refractivity contribution in [3.05, 3.63) is 11.6 Å². The number of esters is 1. The van der Waals surface area contributed by atoms with Gasteiger partial charge < -0.3 is 9.64 Å². The summed E-state index contributed by atoms with van der Waals surface area (Å²) in [6.45, 7) is 2.92. The fourth-order valence-corrected chi connectivity index (χ4v) is 2.26. The first-order valence-corrected chi connectivity index (χ1v) is 5.53. The van der Waals surface area contributed by atoms with Gasteiger partial charge >= 0.3 is 5.97 Å². The molecule has 2 atom stereocenters. The number of hydrogen-bond acceptors (Lipinski definition) is 5. The predicted molar refractivity (Wildman–Crippen MR) is 55.8 cm³/mol. The first-order valence-electron chi connectivity index (χ1n) is 4.59. The highest BCUT2D eigenvalue weighted by Gasteiger charge is 2.29. The topological polar surface area (TPSA) is 41.9 Å². The summed E-state index contributed by atoms with van der Waals surface area (Å²) in [6.07, 6.45) is 3.68. The predicted octanol–water partition coefficient (Wildman–Crippen LogP) is 1.05. The average molecular weight is 212 g/mol. The van der Waals surface area contributed by atoms with E-state index in [4.69, 9.17) is 4.74 Å². The Hall–Kier alpha value is -0.970. The minimum absolute atomic E-state index is 0.140. The van der Waals surface area contributed by atoms with Crippen LogP contribution in [-0.4, -0.2) is 35.7 Å². The monoisotopic (exact) mass is 212 g/mol. The molecule has 0 spiro atoms. The van der Waals surface area contributed by atoms with Crippen molar-refractivity contribution in [1.29, 1.82) is 0 Å². The maximum Gasteiger partial charge on any atom is 0.316 e. The van der Waals surface area contributed by atoms with Gasteiger partial charge in [0.25, 0.3) is 0 Å². The molecule has 5 heteroatoms. The number of thioether (sulfide) groups is 1. The van der Waals surface area contributed by atoms with Gasteiger partial charge in [0, 0.05) is 19.0 Å². The first kappa shape index (κ1) is 9.58. The van der Waals surface area contributed by atoms with E-state index in [-0.39, 0.29) is 17.4 Å². The number of ether oxygens (including phenoxy) is 1. The summed E-state index contributed by atoms with van der Waals surface area (Å²) in [5.41, 5.74) is 0.140. The van der Waals surface area contributed by atoms with E-state index < -0.39 is 0 Å². The molecular weight excluding hydrogens is 200 g/mol. The summed E-state index contributed by atoms with van der Waals surface area (Å²) in [6, 6.07) is 0. The minimum Gasteiger partial charge on any atom is -0.465 e. The van der Waals surface area contributed by atoms with Crippen molar-refractivity contribution in [2.24, 2.45) is 10.9 Å². The standard InChI is InChI=1S/C9H12N2O2S/c1-2-13-8(12)7-5-10-9-11(6-7)3-4-14-9/h3-5,7,9H,2,6H2,1H3. The number of fused-ring (bicyclic) bond motifs is 1. The van der Waals surface area contributed by atoms with E-state index in [9.17, 15) is 4.79 Å². The highest BCUT2D eigenvalue weighted by Crippen LogP contribution is 2.29. The third-order valence-electron chi connectivity index (χ3n) is 2.13. The molecule has 2 aliphatic rings. The number of carbonyl (C=O) groups excluding carboxylic acids is 1. The number of aliphatic imine (C=N–C) groups is 1. The Morgan fingerprint density at radius 3 is 3.43 bits per heavy atom. The summed E-state index contributed by atoms with van der Waals surface area (Å²) in [5, 5.41) is 2.00. The highest BCUT2D eigenvalue weighted by atomic mass is 32.2. The quantitative estimate of drug-likeness (QED) is 0.642.